The number of rotatable bonds is 6. The second-order valence-corrected chi connectivity index (χ2v) is 4.58. The first-order chi connectivity index (χ1) is 8.10. The van der Waals surface area contributed by atoms with Gasteiger partial charge in [-0.15, -0.1) is 0 Å². The molecule has 1 aromatic carbocycles. The Bertz CT molecular complexity index is 350. The van der Waals surface area contributed by atoms with Crippen LogP contribution in [0.4, 0.5) is 5.69 Å². The number of nitrogens with zero attached hydrogens (tertiary/aromatic N) is 1. The van der Waals surface area contributed by atoms with Gasteiger partial charge in [0.1, 0.15) is 5.75 Å². The second-order valence-electron chi connectivity index (χ2n) is 4.58. The summed E-state index contributed by atoms with van der Waals surface area (Å²) >= 11 is 0. The number of aliphatic hydroxyl groups is 1. The van der Waals surface area contributed by atoms with Crippen LogP contribution in [0.2, 0.25) is 0 Å². The molecule has 0 atom stereocenters. The van der Waals surface area contributed by atoms with E-state index in [1.807, 2.05) is 13.1 Å². The molecule has 0 bridgehead atoms. The lowest BCUT2D eigenvalue weighted by Crippen LogP contribution is -2.19. The van der Waals surface area contributed by atoms with Crippen LogP contribution in [0.5, 0.6) is 5.75 Å². The lowest BCUT2D eigenvalue weighted by atomic mass is 10.0. The Morgan fingerprint density at radius 3 is 2.59 bits per heavy atom. The first-order valence-corrected chi connectivity index (χ1v) is 6.10. The highest BCUT2D eigenvalue weighted by molar-refractivity contribution is 5.53. The number of anilines is 1. The highest BCUT2D eigenvalue weighted by Gasteiger charge is 2.10. The van der Waals surface area contributed by atoms with Gasteiger partial charge in [-0.1, -0.05) is 13.8 Å². The molecule has 1 N–H and O–H groups in total. The number of hydrogen-bond donors (Lipinski definition) is 1. The van der Waals surface area contributed by atoms with Crippen molar-refractivity contribution in [2.45, 2.75) is 26.2 Å². The number of aliphatic hydroxyl groups excluding tert-OH is 1. The van der Waals surface area contributed by atoms with E-state index in [1.54, 1.807) is 7.11 Å². The molecule has 3 heteroatoms. The molecule has 0 unspecified atom stereocenters. The third-order valence-corrected chi connectivity index (χ3v) is 2.93. The molecule has 96 valence electrons. The van der Waals surface area contributed by atoms with Crippen molar-refractivity contribution in [1.82, 2.24) is 0 Å². The molecule has 0 aliphatic rings. The minimum atomic E-state index is 0.234. The van der Waals surface area contributed by atoms with Crippen LogP contribution in [0.1, 0.15) is 31.7 Å². The molecule has 0 spiro atoms. The molecule has 0 aromatic heterocycles. The summed E-state index contributed by atoms with van der Waals surface area (Å²) in [6, 6.07) is 6.24. The van der Waals surface area contributed by atoms with Gasteiger partial charge in [0, 0.05) is 25.9 Å². The molecule has 17 heavy (non-hydrogen) atoms. The zero-order valence-electron chi connectivity index (χ0n) is 11.2. The Balaban J connectivity index is 2.91. The zero-order valence-corrected chi connectivity index (χ0v) is 11.2. The Morgan fingerprint density at radius 2 is 2.06 bits per heavy atom. The first kappa shape index (κ1) is 13.8. The predicted molar refractivity (Wildman–Crippen MR) is 72.1 cm³/mol. The van der Waals surface area contributed by atoms with Crippen molar-refractivity contribution in [3.63, 3.8) is 0 Å². The van der Waals surface area contributed by atoms with E-state index in [2.05, 4.69) is 30.9 Å². The van der Waals surface area contributed by atoms with E-state index >= 15 is 0 Å². The summed E-state index contributed by atoms with van der Waals surface area (Å²) in [5.74, 6) is 1.38. The van der Waals surface area contributed by atoms with Crippen LogP contribution in [-0.2, 0) is 0 Å². The molecule has 1 aromatic rings. The van der Waals surface area contributed by atoms with Crippen molar-refractivity contribution >= 4 is 5.69 Å². The molecule has 0 aliphatic heterocycles. The van der Waals surface area contributed by atoms with Gasteiger partial charge in [-0.2, -0.15) is 0 Å². The van der Waals surface area contributed by atoms with Gasteiger partial charge in [-0.3, -0.25) is 0 Å². The van der Waals surface area contributed by atoms with Gasteiger partial charge in [0.15, 0.2) is 0 Å². The number of benzene rings is 1. The third kappa shape index (κ3) is 3.63. The molecule has 0 saturated heterocycles. The van der Waals surface area contributed by atoms with Gasteiger partial charge in [0.05, 0.1) is 7.11 Å². The van der Waals surface area contributed by atoms with Gasteiger partial charge in [-0.05, 0) is 36.1 Å². The normalized spacial score (nSPS) is 10.7. The number of methoxy groups -OCH3 is 1. The lowest BCUT2D eigenvalue weighted by molar-refractivity contribution is 0.290. The van der Waals surface area contributed by atoms with E-state index in [-0.39, 0.29) is 6.61 Å². The van der Waals surface area contributed by atoms with E-state index in [1.165, 1.54) is 11.3 Å². The summed E-state index contributed by atoms with van der Waals surface area (Å²) in [6.45, 7) is 5.42. The summed E-state index contributed by atoms with van der Waals surface area (Å²) in [5, 5.41) is 8.84. The molecule has 0 amide bonds. The van der Waals surface area contributed by atoms with Crippen LogP contribution >= 0.6 is 0 Å². The quantitative estimate of drug-likeness (QED) is 0.825. The van der Waals surface area contributed by atoms with E-state index in [4.69, 9.17) is 9.84 Å². The number of ether oxygens (including phenoxy) is 1. The Morgan fingerprint density at radius 1 is 1.35 bits per heavy atom. The van der Waals surface area contributed by atoms with Crippen LogP contribution in [0.15, 0.2) is 18.2 Å². The fourth-order valence-electron chi connectivity index (χ4n) is 1.85. The average Bonchev–Trinajstić information content (AvgIpc) is 2.34. The van der Waals surface area contributed by atoms with Gasteiger partial charge < -0.3 is 14.7 Å². The zero-order chi connectivity index (χ0) is 12.8. The monoisotopic (exact) mass is 237 g/mol. The first-order valence-electron chi connectivity index (χ1n) is 6.10. The summed E-state index contributed by atoms with van der Waals surface area (Å²) in [4.78, 5) is 2.15. The maximum Gasteiger partial charge on any atom is 0.122 e. The Kier molecular flexibility index (Phi) is 5.29. The van der Waals surface area contributed by atoms with Crippen LogP contribution in [0.25, 0.3) is 0 Å². The van der Waals surface area contributed by atoms with Gasteiger partial charge in [-0.25, -0.2) is 0 Å². The van der Waals surface area contributed by atoms with Gasteiger partial charge >= 0.3 is 0 Å². The fraction of sp³-hybridized carbons (Fsp3) is 0.571. The van der Waals surface area contributed by atoms with Crippen molar-refractivity contribution in [2.75, 3.05) is 32.2 Å². The Hall–Kier alpha value is -1.22. The van der Waals surface area contributed by atoms with Gasteiger partial charge in [0.2, 0.25) is 0 Å². The van der Waals surface area contributed by atoms with Crippen LogP contribution in [0.3, 0.4) is 0 Å². The Labute approximate surface area is 104 Å². The van der Waals surface area contributed by atoms with Crippen molar-refractivity contribution in [3.05, 3.63) is 23.8 Å². The highest BCUT2D eigenvalue weighted by Crippen LogP contribution is 2.30. The molecule has 0 fully saturated rings. The lowest BCUT2D eigenvalue weighted by Gasteiger charge is -2.21. The topological polar surface area (TPSA) is 32.7 Å². The SMILES string of the molecule is COc1ccc(N(C)CCCO)cc1C(C)C. The fourth-order valence-corrected chi connectivity index (χ4v) is 1.85. The van der Waals surface area contributed by atoms with Crippen molar-refractivity contribution in [2.24, 2.45) is 0 Å². The molecule has 0 heterocycles. The maximum absolute atomic E-state index is 8.84. The summed E-state index contributed by atoms with van der Waals surface area (Å²) in [7, 11) is 3.75. The molecule has 3 nitrogen and oxygen atoms in total. The van der Waals surface area contributed by atoms with Crippen molar-refractivity contribution in [1.29, 1.82) is 0 Å². The molecule has 1 rings (SSSR count). The smallest absolute Gasteiger partial charge is 0.122 e. The van der Waals surface area contributed by atoms with Crippen LogP contribution in [-0.4, -0.2) is 32.4 Å². The van der Waals surface area contributed by atoms with E-state index in [0.29, 0.717) is 5.92 Å². The third-order valence-electron chi connectivity index (χ3n) is 2.93. The van der Waals surface area contributed by atoms with Crippen molar-refractivity contribution < 1.29 is 9.84 Å². The van der Waals surface area contributed by atoms with Gasteiger partial charge in [0.25, 0.3) is 0 Å². The summed E-state index contributed by atoms with van der Waals surface area (Å²) < 4.78 is 5.36. The standard InChI is InChI=1S/C14H23NO2/c1-11(2)13-10-12(6-7-14(13)17-4)15(3)8-5-9-16/h6-7,10-11,16H,5,8-9H2,1-4H3. The molecular formula is C14H23NO2. The van der Waals surface area contributed by atoms with E-state index in [0.717, 1.165) is 18.7 Å². The minimum Gasteiger partial charge on any atom is -0.496 e. The van der Waals surface area contributed by atoms with E-state index < -0.39 is 0 Å². The largest absolute Gasteiger partial charge is 0.496 e. The van der Waals surface area contributed by atoms with Crippen molar-refractivity contribution in [3.8, 4) is 5.75 Å². The molecule has 0 radical (unpaired) electrons. The minimum absolute atomic E-state index is 0.234. The predicted octanol–water partition coefficient (Wildman–Crippen LogP) is 2.64. The summed E-state index contributed by atoms with van der Waals surface area (Å²) in [6.07, 6.45) is 0.791. The highest BCUT2D eigenvalue weighted by atomic mass is 16.5. The maximum atomic E-state index is 8.84. The molecular weight excluding hydrogens is 214 g/mol. The molecule has 0 saturated carbocycles. The second kappa shape index (κ2) is 6.50. The van der Waals surface area contributed by atoms with Crippen LogP contribution in [0, 0.1) is 0 Å². The van der Waals surface area contributed by atoms with Crippen LogP contribution < -0.4 is 9.64 Å². The molecule has 0 aliphatic carbocycles. The number of hydrogen-bond acceptors (Lipinski definition) is 3. The van der Waals surface area contributed by atoms with E-state index in [9.17, 15) is 0 Å². The summed E-state index contributed by atoms with van der Waals surface area (Å²) in [5.41, 5.74) is 2.39. The average molecular weight is 237 g/mol.